The van der Waals surface area contributed by atoms with Gasteiger partial charge in [0, 0.05) is 18.4 Å². The number of phenolic OH excluding ortho intramolecular Hbond substituents is 1. The molecule has 1 fully saturated rings. The van der Waals surface area contributed by atoms with E-state index in [0.717, 1.165) is 11.1 Å². The molecule has 3 amide bonds. The molecule has 4 aliphatic rings. The standard InChI is InChI=1S/C30H35N3O9S/c31-26(37)28(43)33-25(36)15-41-10-9-40-8-7-32-27(38)16-1-4-21-24(14-16)30(42-29(21)39)22-5-2-19(34)12-17(22)11-18-13-20(35)3-6-23(18)30/h1-6,12-13,16-17,21-22,24,28,34-35,43H,7-11,14-15H2,(H2,31,37)(H,32,38)(H,33,36)/t16?,17?,21?,22?,24?,28-,30?/m1/s1. The number of rotatable bonds is 11. The van der Waals surface area contributed by atoms with Gasteiger partial charge in [0.25, 0.3) is 0 Å². The van der Waals surface area contributed by atoms with Crippen molar-refractivity contribution in [1.29, 1.82) is 0 Å². The fourth-order valence-corrected chi connectivity index (χ4v) is 6.75. The lowest BCUT2D eigenvalue weighted by Crippen LogP contribution is -2.50. The van der Waals surface area contributed by atoms with Gasteiger partial charge in [0.15, 0.2) is 5.37 Å². The van der Waals surface area contributed by atoms with Crippen LogP contribution in [0.1, 0.15) is 17.5 Å². The Bertz CT molecular complexity index is 1380. The van der Waals surface area contributed by atoms with E-state index in [4.69, 9.17) is 19.9 Å². The van der Waals surface area contributed by atoms with Crippen molar-refractivity contribution in [3.63, 3.8) is 0 Å². The first-order valence-corrected chi connectivity index (χ1v) is 14.6. The number of hydrogen-bond acceptors (Lipinski definition) is 10. The molecule has 1 aliphatic heterocycles. The van der Waals surface area contributed by atoms with Crippen LogP contribution in [0.15, 0.2) is 54.3 Å². The number of aromatic hydroxyl groups is 1. The number of benzene rings is 1. The highest BCUT2D eigenvalue weighted by molar-refractivity contribution is 7.81. The molecule has 7 atom stereocenters. The zero-order valence-electron chi connectivity index (χ0n) is 23.3. The molecule has 12 nitrogen and oxygen atoms in total. The lowest BCUT2D eigenvalue weighted by atomic mass is 9.57. The number of nitrogens with one attached hydrogen (secondary N) is 2. The molecule has 1 heterocycles. The second kappa shape index (κ2) is 12.8. The first-order valence-electron chi connectivity index (χ1n) is 14.1. The molecular formula is C30H35N3O9S. The van der Waals surface area contributed by atoms with Crippen LogP contribution in [0, 0.1) is 29.6 Å². The number of hydrogen-bond donors (Lipinski definition) is 6. The molecule has 0 aromatic heterocycles. The predicted octanol–water partition coefficient (Wildman–Crippen LogP) is 0.760. The van der Waals surface area contributed by atoms with Crippen LogP contribution in [0.25, 0.3) is 0 Å². The van der Waals surface area contributed by atoms with Crippen LogP contribution in [-0.2, 0) is 45.4 Å². The van der Waals surface area contributed by atoms with Crippen molar-refractivity contribution in [3.8, 4) is 5.75 Å². The van der Waals surface area contributed by atoms with Crippen molar-refractivity contribution in [2.75, 3.05) is 33.0 Å². The minimum atomic E-state index is -1.09. The molecule has 1 spiro atoms. The molecule has 6 unspecified atom stereocenters. The molecule has 0 saturated carbocycles. The first-order chi connectivity index (χ1) is 20.6. The summed E-state index contributed by atoms with van der Waals surface area (Å²) < 4.78 is 16.9. The lowest BCUT2D eigenvalue weighted by molar-refractivity contribution is -0.158. The van der Waals surface area contributed by atoms with Crippen LogP contribution >= 0.6 is 12.6 Å². The maximum atomic E-state index is 13.2. The van der Waals surface area contributed by atoms with Crippen LogP contribution in [0.2, 0.25) is 0 Å². The zero-order valence-corrected chi connectivity index (χ0v) is 24.2. The molecule has 0 radical (unpaired) electrons. The summed E-state index contributed by atoms with van der Waals surface area (Å²) in [6.45, 7) is 0.500. The lowest BCUT2D eigenvalue weighted by Gasteiger charge is -2.49. The molecule has 43 heavy (non-hydrogen) atoms. The Kier molecular flexibility index (Phi) is 9.13. The Morgan fingerprint density at radius 1 is 1.14 bits per heavy atom. The first kappa shape index (κ1) is 30.6. The number of phenols is 1. The van der Waals surface area contributed by atoms with E-state index in [1.807, 2.05) is 12.1 Å². The van der Waals surface area contributed by atoms with Crippen LogP contribution in [0.5, 0.6) is 5.75 Å². The predicted molar refractivity (Wildman–Crippen MR) is 155 cm³/mol. The fraction of sp³-hybridized carbons (Fsp3) is 0.467. The number of aliphatic hydroxyl groups excluding tert-OH is 1. The second-order valence-electron chi connectivity index (χ2n) is 11.1. The topological polar surface area (TPSA) is 187 Å². The Labute approximate surface area is 253 Å². The summed E-state index contributed by atoms with van der Waals surface area (Å²) in [5.41, 5.74) is 5.66. The fourth-order valence-electron chi connectivity index (χ4n) is 6.61. The van der Waals surface area contributed by atoms with Gasteiger partial charge in [-0.2, -0.15) is 0 Å². The maximum Gasteiger partial charge on any atom is 0.314 e. The number of fused-ring (bicyclic) bond motifs is 6. The Morgan fingerprint density at radius 2 is 1.93 bits per heavy atom. The van der Waals surface area contributed by atoms with E-state index in [9.17, 15) is 29.4 Å². The van der Waals surface area contributed by atoms with Gasteiger partial charge in [-0.15, -0.1) is 12.6 Å². The van der Waals surface area contributed by atoms with Gasteiger partial charge in [0.1, 0.15) is 23.7 Å². The number of carbonyl (C=O) groups is 4. The van der Waals surface area contributed by atoms with E-state index < -0.39 is 34.6 Å². The Hall–Kier alpha value is -3.81. The van der Waals surface area contributed by atoms with Crippen LogP contribution in [-0.4, -0.2) is 72.3 Å². The Morgan fingerprint density at radius 3 is 2.72 bits per heavy atom. The molecule has 0 bridgehead atoms. The molecule has 1 aromatic carbocycles. The highest BCUT2D eigenvalue weighted by Gasteiger charge is 2.63. The van der Waals surface area contributed by atoms with Gasteiger partial charge < -0.3 is 40.8 Å². The second-order valence-corrected chi connectivity index (χ2v) is 11.6. The molecule has 6 N–H and O–H groups in total. The average molecular weight is 614 g/mol. The van der Waals surface area contributed by atoms with Crippen molar-refractivity contribution in [2.24, 2.45) is 35.3 Å². The van der Waals surface area contributed by atoms with E-state index in [1.54, 1.807) is 36.4 Å². The summed E-state index contributed by atoms with van der Waals surface area (Å²) in [4.78, 5) is 48.9. The van der Waals surface area contributed by atoms with Crippen LogP contribution < -0.4 is 16.4 Å². The quantitative estimate of drug-likeness (QED) is 0.0689. The summed E-state index contributed by atoms with van der Waals surface area (Å²) in [6, 6.07) is 5.08. The number of thiol groups is 1. The molecule has 1 aromatic rings. The monoisotopic (exact) mass is 613 g/mol. The van der Waals surface area contributed by atoms with Crippen LogP contribution in [0.4, 0.5) is 0 Å². The van der Waals surface area contributed by atoms with E-state index in [-0.39, 0.29) is 74.1 Å². The van der Waals surface area contributed by atoms with Crippen molar-refractivity contribution in [2.45, 2.75) is 23.8 Å². The number of primary amides is 1. The summed E-state index contributed by atoms with van der Waals surface area (Å²) in [5, 5.41) is 24.5. The number of aliphatic hydroxyl groups is 1. The Balaban J connectivity index is 1.16. The van der Waals surface area contributed by atoms with E-state index in [1.165, 1.54) is 0 Å². The van der Waals surface area contributed by atoms with Gasteiger partial charge in [-0.1, -0.05) is 24.3 Å². The minimum Gasteiger partial charge on any atom is -0.508 e. The number of ether oxygens (including phenoxy) is 3. The SMILES string of the molecule is NC(=O)[C@@H](S)NC(=O)COCCOCCNC(=O)C1C=CC2C(=O)OC3(c4ccc(O)cc4CC4C=C(O)C=CC43)C2C1. The highest BCUT2D eigenvalue weighted by Crippen LogP contribution is 2.60. The number of carbonyl (C=O) groups excluding carboxylic acids is 4. The number of nitrogens with two attached hydrogens (primary N) is 1. The minimum absolute atomic E-state index is 0.111. The van der Waals surface area contributed by atoms with Crippen molar-refractivity contribution < 1.29 is 43.6 Å². The molecule has 3 aliphatic carbocycles. The van der Waals surface area contributed by atoms with Crippen LogP contribution in [0.3, 0.4) is 0 Å². The number of esters is 1. The largest absolute Gasteiger partial charge is 0.508 e. The number of allylic oxidation sites excluding steroid dienone is 2. The summed E-state index contributed by atoms with van der Waals surface area (Å²) in [5.74, 6) is -3.33. The van der Waals surface area contributed by atoms with E-state index in [0.29, 0.717) is 12.8 Å². The third kappa shape index (κ3) is 6.29. The third-order valence-electron chi connectivity index (χ3n) is 8.42. The van der Waals surface area contributed by atoms with E-state index >= 15 is 0 Å². The highest BCUT2D eigenvalue weighted by atomic mass is 32.1. The zero-order chi connectivity index (χ0) is 30.7. The maximum absolute atomic E-state index is 13.2. The van der Waals surface area contributed by atoms with Gasteiger partial charge in [-0.25, -0.2) is 0 Å². The number of amides is 3. The summed E-state index contributed by atoms with van der Waals surface area (Å²) >= 11 is 3.84. The average Bonchev–Trinajstić information content (AvgIpc) is 3.25. The van der Waals surface area contributed by atoms with Gasteiger partial charge in [-0.05, 0) is 54.2 Å². The van der Waals surface area contributed by atoms with Crippen molar-refractivity contribution >= 4 is 36.3 Å². The summed E-state index contributed by atoms with van der Waals surface area (Å²) in [7, 11) is 0. The molecular weight excluding hydrogens is 578 g/mol. The third-order valence-corrected chi connectivity index (χ3v) is 8.80. The molecule has 1 saturated heterocycles. The van der Waals surface area contributed by atoms with Crippen molar-refractivity contribution in [1.82, 2.24) is 10.6 Å². The molecule has 230 valence electrons. The van der Waals surface area contributed by atoms with Gasteiger partial charge in [0.2, 0.25) is 17.7 Å². The molecule has 5 rings (SSSR count). The smallest absolute Gasteiger partial charge is 0.314 e. The normalized spacial score (nSPS) is 29.1. The molecule has 13 heteroatoms. The van der Waals surface area contributed by atoms with E-state index in [2.05, 4.69) is 23.3 Å². The summed E-state index contributed by atoms with van der Waals surface area (Å²) in [6.07, 6.45) is 9.76. The van der Waals surface area contributed by atoms with Gasteiger partial charge in [0.05, 0.1) is 31.7 Å². The van der Waals surface area contributed by atoms with Gasteiger partial charge in [-0.3, -0.25) is 19.2 Å². The van der Waals surface area contributed by atoms with Crippen molar-refractivity contribution in [3.05, 3.63) is 65.5 Å². The van der Waals surface area contributed by atoms with Gasteiger partial charge >= 0.3 is 5.97 Å².